The van der Waals surface area contributed by atoms with Crippen LogP contribution in [-0.4, -0.2) is 23.4 Å². The van der Waals surface area contributed by atoms with Crippen molar-refractivity contribution in [2.75, 3.05) is 13.2 Å². The van der Waals surface area contributed by atoms with E-state index in [-0.39, 0.29) is 17.5 Å². The van der Waals surface area contributed by atoms with E-state index in [2.05, 4.69) is 51.4 Å². The molecule has 3 aromatic rings. The van der Waals surface area contributed by atoms with E-state index in [1.807, 2.05) is 24.3 Å². The lowest BCUT2D eigenvalue weighted by Gasteiger charge is -2.34. The molecule has 2 N–H and O–H groups in total. The Bertz CT molecular complexity index is 972. The van der Waals surface area contributed by atoms with Crippen LogP contribution in [0.2, 0.25) is 5.02 Å². The number of nitrogens with zero attached hydrogens (tertiary/aromatic N) is 2. The Labute approximate surface area is 174 Å². The quantitative estimate of drug-likeness (QED) is 0.674. The maximum Gasteiger partial charge on any atom is 0.234 e. The average molecular weight is 411 g/mol. The molecule has 29 heavy (non-hydrogen) atoms. The van der Waals surface area contributed by atoms with Gasteiger partial charge in [0.15, 0.2) is 0 Å². The monoisotopic (exact) mass is 410 g/mol. The van der Waals surface area contributed by atoms with Crippen LogP contribution in [-0.2, 0) is 10.2 Å². The zero-order chi connectivity index (χ0) is 19.7. The lowest BCUT2D eigenvalue weighted by Crippen LogP contribution is -2.35. The highest BCUT2D eigenvalue weighted by atomic mass is 35.5. The largest absolute Gasteiger partial charge is 0.423 e. The first-order valence-electron chi connectivity index (χ1n) is 9.98. The summed E-state index contributed by atoms with van der Waals surface area (Å²) in [5.74, 6) is 1.25. The molecule has 150 valence electrons. The number of hydrogen-bond acceptors (Lipinski definition) is 6. The molecule has 2 unspecified atom stereocenters. The van der Waals surface area contributed by atoms with Crippen LogP contribution in [0.3, 0.4) is 0 Å². The topological polar surface area (TPSA) is 72.2 Å². The van der Waals surface area contributed by atoms with Gasteiger partial charge in [0.2, 0.25) is 11.8 Å². The number of aromatic nitrogens is 2. The molecule has 3 heterocycles. The summed E-state index contributed by atoms with van der Waals surface area (Å²) in [5, 5.41) is 9.59. The first kappa shape index (κ1) is 18.8. The Morgan fingerprint density at radius 3 is 2.52 bits per heavy atom. The lowest BCUT2D eigenvalue weighted by molar-refractivity contribution is 0.0538. The van der Waals surface area contributed by atoms with E-state index in [1.54, 1.807) is 0 Å². The van der Waals surface area contributed by atoms with Gasteiger partial charge in [-0.3, -0.25) is 0 Å². The van der Waals surface area contributed by atoms with Crippen LogP contribution in [0.15, 0.2) is 59.0 Å². The van der Waals surface area contributed by atoms with Gasteiger partial charge in [0.1, 0.15) is 6.04 Å². The first-order valence-corrected chi connectivity index (χ1v) is 10.4. The third kappa shape index (κ3) is 3.57. The van der Waals surface area contributed by atoms with Gasteiger partial charge in [-0.2, -0.15) is 0 Å². The summed E-state index contributed by atoms with van der Waals surface area (Å²) >= 11 is 6.28. The van der Waals surface area contributed by atoms with E-state index >= 15 is 0 Å². The van der Waals surface area contributed by atoms with Crippen molar-refractivity contribution in [1.82, 2.24) is 21.0 Å². The average Bonchev–Trinajstić information content (AvgIpc) is 3.45. The molecule has 0 spiro atoms. The summed E-state index contributed by atoms with van der Waals surface area (Å²) in [6.07, 6.45) is 2.43. The number of benzene rings is 2. The molecule has 2 aliphatic heterocycles. The van der Waals surface area contributed by atoms with E-state index in [0.29, 0.717) is 30.0 Å². The fraction of sp³-hybridized carbons (Fsp3) is 0.364. The predicted molar refractivity (Wildman–Crippen MR) is 109 cm³/mol. The van der Waals surface area contributed by atoms with Crippen molar-refractivity contribution in [3.8, 4) is 0 Å². The first-order chi connectivity index (χ1) is 14.2. The zero-order valence-electron chi connectivity index (χ0n) is 16.0. The molecule has 2 aliphatic rings. The highest BCUT2D eigenvalue weighted by Crippen LogP contribution is 2.42. The Hall–Kier alpha value is -2.25. The van der Waals surface area contributed by atoms with E-state index in [0.717, 1.165) is 24.8 Å². The van der Waals surface area contributed by atoms with Gasteiger partial charge in [-0.1, -0.05) is 54.1 Å². The molecule has 2 aromatic carbocycles. The fourth-order valence-corrected chi connectivity index (χ4v) is 4.51. The SMILES string of the molecule is Clc1cccc(C2(c3nnc(C4CC(c5ccccc5)NN4)o3)CCOCC2)c1. The van der Waals surface area contributed by atoms with Crippen LogP contribution in [0.5, 0.6) is 0 Å². The van der Waals surface area contributed by atoms with E-state index < -0.39 is 0 Å². The molecule has 0 saturated carbocycles. The molecule has 0 aliphatic carbocycles. The summed E-state index contributed by atoms with van der Waals surface area (Å²) in [7, 11) is 0. The molecule has 5 rings (SSSR count). The van der Waals surface area contributed by atoms with Crippen LogP contribution in [0.1, 0.15) is 54.3 Å². The smallest absolute Gasteiger partial charge is 0.234 e. The Balaban J connectivity index is 1.42. The second kappa shape index (κ2) is 7.88. The third-order valence-corrected chi connectivity index (χ3v) is 6.21. The van der Waals surface area contributed by atoms with Crippen molar-refractivity contribution in [2.45, 2.75) is 36.8 Å². The molecule has 1 aromatic heterocycles. The van der Waals surface area contributed by atoms with Crippen molar-refractivity contribution in [2.24, 2.45) is 0 Å². The molecular formula is C22H23ClN4O2. The summed E-state index contributed by atoms with van der Waals surface area (Å²) in [4.78, 5) is 0. The Kier molecular flexibility index (Phi) is 5.09. The van der Waals surface area contributed by atoms with Crippen molar-refractivity contribution in [3.05, 3.63) is 82.5 Å². The lowest BCUT2D eigenvalue weighted by atomic mass is 9.74. The van der Waals surface area contributed by atoms with Crippen molar-refractivity contribution in [1.29, 1.82) is 0 Å². The van der Waals surface area contributed by atoms with Gasteiger partial charge in [0.05, 0.1) is 5.41 Å². The highest BCUT2D eigenvalue weighted by molar-refractivity contribution is 6.30. The third-order valence-electron chi connectivity index (χ3n) is 5.98. The molecule has 6 nitrogen and oxygen atoms in total. The van der Waals surface area contributed by atoms with Gasteiger partial charge in [0, 0.05) is 24.3 Å². The van der Waals surface area contributed by atoms with Crippen LogP contribution in [0.4, 0.5) is 0 Å². The van der Waals surface area contributed by atoms with E-state index in [1.165, 1.54) is 5.56 Å². The molecule has 2 atom stereocenters. The number of ether oxygens (including phenoxy) is 1. The van der Waals surface area contributed by atoms with Gasteiger partial charge in [0.25, 0.3) is 0 Å². The summed E-state index contributed by atoms with van der Waals surface area (Å²) in [6, 6.07) is 18.5. The van der Waals surface area contributed by atoms with E-state index in [9.17, 15) is 0 Å². The molecule has 2 saturated heterocycles. The maximum atomic E-state index is 6.28. The summed E-state index contributed by atoms with van der Waals surface area (Å²) in [5.41, 5.74) is 8.63. The second-order valence-corrected chi connectivity index (χ2v) is 8.13. The van der Waals surface area contributed by atoms with Crippen LogP contribution in [0, 0.1) is 0 Å². The Morgan fingerprint density at radius 2 is 1.72 bits per heavy atom. The standard InChI is InChI=1S/C22H23ClN4O2/c23-17-8-4-7-16(13-17)22(9-11-28-12-10-22)21-27-26-20(29-21)19-14-18(24-25-19)15-5-2-1-3-6-15/h1-8,13,18-19,24-25H,9-12,14H2. The molecule has 0 bridgehead atoms. The van der Waals surface area contributed by atoms with Gasteiger partial charge in [-0.25, -0.2) is 10.9 Å². The highest BCUT2D eigenvalue weighted by Gasteiger charge is 2.42. The van der Waals surface area contributed by atoms with E-state index in [4.69, 9.17) is 20.8 Å². The minimum atomic E-state index is -0.362. The molecular weight excluding hydrogens is 388 g/mol. The predicted octanol–water partition coefficient (Wildman–Crippen LogP) is 4.10. The van der Waals surface area contributed by atoms with Crippen LogP contribution in [0.25, 0.3) is 0 Å². The van der Waals surface area contributed by atoms with Crippen molar-refractivity contribution >= 4 is 11.6 Å². The Morgan fingerprint density at radius 1 is 0.931 bits per heavy atom. The number of rotatable bonds is 4. The second-order valence-electron chi connectivity index (χ2n) is 7.69. The maximum absolute atomic E-state index is 6.28. The van der Waals surface area contributed by atoms with Gasteiger partial charge in [-0.15, -0.1) is 10.2 Å². The van der Waals surface area contributed by atoms with Crippen molar-refractivity contribution < 1.29 is 9.15 Å². The normalized spacial score (nSPS) is 23.9. The molecule has 2 fully saturated rings. The fourth-order valence-electron chi connectivity index (χ4n) is 4.32. The minimum absolute atomic E-state index is 0.0299. The summed E-state index contributed by atoms with van der Waals surface area (Å²) < 4.78 is 11.9. The van der Waals surface area contributed by atoms with Gasteiger partial charge in [-0.05, 0) is 42.5 Å². The number of hydrazine groups is 1. The molecule has 0 radical (unpaired) electrons. The molecule has 7 heteroatoms. The summed E-state index contributed by atoms with van der Waals surface area (Å²) in [6.45, 7) is 1.31. The van der Waals surface area contributed by atoms with Crippen LogP contribution >= 0.6 is 11.6 Å². The molecule has 0 amide bonds. The van der Waals surface area contributed by atoms with Crippen LogP contribution < -0.4 is 10.9 Å². The van der Waals surface area contributed by atoms with Crippen molar-refractivity contribution in [3.63, 3.8) is 0 Å². The van der Waals surface area contributed by atoms with Gasteiger partial charge < -0.3 is 9.15 Å². The van der Waals surface area contributed by atoms with Gasteiger partial charge >= 0.3 is 0 Å². The number of halogens is 1. The minimum Gasteiger partial charge on any atom is -0.423 e. The number of hydrogen-bond donors (Lipinski definition) is 2. The number of nitrogens with one attached hydrogen (secondary N) is 2. The zero-order valence-corrected chi connectivity index (χ0v) is 16.7.